The number of thiophene rings is 1. The summed E-state index contributed by atoms with van der Waals surface area (Å²) >= 11 is 1.61. The Bertz CT molecular complexity index is 1100. The lowest BCUT2D eigenvalue weighted by atomic mass is 10.1. The van der Waals surface area contributed by atoms with E-state index in [1.807, 2.05) is 74.9 Å². The molecule has 4 rings (SSSR count). The van der Waals surface area contributed by atoms with Crippen molar-refractivity contribution in [1.82, 2.24) is 19.7 Å². The van der Waals surface area contributed by atoms with Crippen molar-refractivity contribution in [2.24, 2.45) is 7.05 Å². The quantitative estimate of drug-likeness (QED) is 0.534. The van der Waals surface area contributed by atoms with Gasteiger partial charge >= 0.3 is 0 Å². The number of aryl methyl sites for hydroxylation is 2. The van der Waals surface area contributed by atoms with Gasteiger partial charge in [0.15, 0.2) is 5.65 Å². The molecule has 0 aliphatic rings. The highest BCUT2D eigenvalue weighted by Gasteiger charge is 2.22. The fourth-order valence-corrected chi connectivity index (χ4v) is 3.98. The summed E-state index contributed by atoms with van der Waals surface area (Å²) in [5, 5.41) is 7.32. The third-order valence-corrected chi connectivity index (χ3v) is 5.47. The molecule has 0 N–H and O–H groups in total. The normalized spacial score (nSPS) is 11.1. The van der Waals surface area contributed by atoms with Crippen LogP contribution < -0.4 is 0 Å². The maximum atomic E-state index is 13.3. The Morgan fingerprint density at radius 1 is 1.19 bits per heavy atom. The molecule has 4 aromatic rings. The summed E-state index contributed by atoms with van der Waals surface area (Å²) in [4.78, 5) is 20.9. The Kier molecular flexibility index (Phi) is 4.49. The number of pyridine rings is 1. The molecule has 0 bridgehead atoms. The van der Waals surface area contributed by atoms with E-state index in [1.54, 1.807) is 20.9 Å². The largest absolute Gasteiger partial charge is 0.337 e. The molecule has 0 spiro atoms. The second-order valence-corrected chi connectivity index (χ2v) is 7.53. The van der Waals surface area contributed by atoms with Crippen LogP contribution in [0.5, 0.6) is 0 Å². The fraction of sp³-hybridized carbons (Fsp3) is 0.190. The van der Waals surface area contributed by atoms with Gasteiger partial charge in [-0.1, -0.05) is 36.4 Å². The average Bonchev–Trinajstić information content (AvgIpc) is 3.30. The number of fused-ring (bicyclic) bond motifs is 1. The number of hydrogen-bond donors (Lipinski definition) is 0. The number of benzene rings is 1. The second kappa shape index (κ2) is 6.96. The molecule has 0 atom stereocenters. The zero-order valence-electron chi connectivity index (χ0n) is 15.5. The summed E-state index contributed by atoms with van der Waals surface area (Å²) in [6, 6.07) is 15.9. The molecule has 1 amide bonds. The maximum Gasteiger partial charge on any atom is 0.254 e. The minimum absolute atomic E-state index is 0.0276. The van der Waals surface area contributed by atoms with E-state index in [1.165, 1.54) is 0 Å². The van der Waals surface area contributed by atoms with Gasteiger partial charge in [-0.3, -0.25) is 9.48 Å². The predicted molar refractivity (Wildman–Crippen MR) is 109 cm³/mol. The molecule has 136 valence electrons. The molecule has 0 aliphatic carbocycles. The first-order valence-corrected chi connectivity index (χ1v) is 9.60. The third kappa shape index (κ3) is 3.24. The van der Waals surface area contributed by atoms with Crippen molar-refractivity contribution in [3.8, 4) is 10.6 Å². The van der Waals surface area contributed by atoms with Crippen molar-refractivity contribution < 1.29 is 4.79 Å². The van der Waals surface area contributed by atoms with Gasteiger partial charge in [-0.15, -0.1) is 11.3 Å². The minimum atomic E-state index is -0.0276. The highest BCUT2D eigenvalue weighted by atomic mass is 32.1. The van der Waals surface area contributed by atoms with Gasteiger partial charge < -0.3 is 4.90 Å². The predicted octanol–water partition coefficient (Wildman–Crippen LogP) is 4.28. The Balaban J connectivity index is 1.80. The van der Waals surface area contributed by atoms with E-state index in [0.717, 1.165) is 32.9 Å². The lowest BCUT2D eigenvalue weighted by Crippen LogP contribution is -2.26. The molecule has 5 nitrogen and oxygen atoms in total. The van der Waals surface area contributed by atoms with Crippen molar-refractivity contribution in [1.29, 1.82) is 0 Å². The molecule has 0 unspecified atom stereocenters. The van der Waals surface area contributed by atoms with E-state index >= 15 is 0 Å². The van der Waals surface area contributed by atoms with Crippen LogP contribution in [-0.2, 0) is 13.6 Å². The third-order valence-electron chi connectivity index (χ3n) is 4.58. The van der Waals surface area contributed by atoms with Crippen LogP contribution in [0.4, 0.5) is 0 Å². The molecule has 27 heavy (non-hydrogen) atoms. The molecule has 0 radical (unpaired) electrons. The highest BCUT2D eigenvalue weighted by Crippen LogP contribution is 2.30. The number of carbonyl (C=O) groups is 1. The van der Waals surface area contributed by atoms with E-state index in [9.17, 15) is 4.79 Å². The Hall–Kier alpha value is -2.99. The number of nitrogens with zero attached hydrogens (tertiary/aromatic N) is 4. The lowest BCUT2D eigenvalue weighted by molar-refractivity contribution is 0.0787. The number of aromatic nitrogens is 3. The molecule has 0 fully saturated rings. The van der Waals surface area contributed by atoms with Crippen LogP contribution in [-0.4, -0.2) is 32.6 Å². The van der Waals surface area contributed by atoms with Gasteiger partial charge in [0.25, 0.3) is 5.91 Å². The zero-order valence-corrected chi connectivity index (χ0v) is 16.3. The smallest absolute Gasteiger partial charge is 0.254 e. The number of hydrogen-bond acceptors (Lipinski definition) is 4. The molecule has 6 heteroatoms. The molecule has 3 aromatic heterocycles. The van der Waals surface area contributed by atoms with Crippen LogP contribution in [0.3, 0.4) is 0 Å². The maximum absolute atomic E-state index is 13.3. The topological polar surface area (TPSA) is 51.0 Å². The van der Waals surface area contributed by atoms with Crippen molar-refractivity contribution in [2.45, 2.75) is 13.5 Å². The average molecular weight is 376 g/mol. The SMILES string of the molecule is Cc1nn(C)c2nc(-c3cccs3)cc(C(=O)N(C)Cc3ccccc3)c12. The van der Waals surface area contributed by atoms with E-state index < -0.39 is 0 Å². The van der Waals surface area contributed by atoms with Gasteiger partial charge in [0.05, 0.1) is 27.2 Å². The summed E-state index contributed by atoms with van der Waals surface area (Å²) in [6.45, 7) is 2.47. The van der Waals surface area contributed by atoms with Gasteiger partial charge in [-0.05, 0) is 30.0 Å². The van der Waals surface area contributed by atoms with E-state index in [0.29, 0.717) is 12.1 Å². The van der Waals surface area contributed by atoms with Crippen LogP contribution in [0.25, 0.3) is 21.6 Å². The first kappa shape index (κ1) is 17.4. The summed E-state index contributed by atoms with van der Waals surface area (Å²) in [5.74, 6) is -0.0276. The summed E-state index contributed by atoms with van der Waals surface area (Å²) in [5.41, 5.74) is 4.09. The van der Waals surface area contributed by atoms with Gasteiger partial charge in [-0.2, -0.15) is 5.10 Å². The standard InChI is InChI=1S/C21H20N4OS/c1-14-19-16(21(26)24(2)13-15-8-5-4-6-9-15)12-17(18-10-7-11-27-18)22-20(19)25(3)23-14/h4-12H,13H2,1-3H3. The van der Waals surface area contributed by atoms with E-state index in [4.69, 9.17) is 4.98 Å². The lowest BCUT2D eigenvalue weighted by Gasteiger charge is -2.18. The fourth-order valence-electron chi connectivity index (χ4n) is 3.30. The first-order chi connectivity index (χ1) is 13.0. The van der Waals surface area contributed by atoms with Crippen molar-refractivity contribution in [2.75, 3.05) is 7.05 Å². The molecule has 1 aromatic carbocycles. The van der Waals surface area contributed by atoms with Crippen molar-refractivity contribution in [3.05, 3.63) is 70.7 Å². The first-order valence-electron chi connectivity index (χ1n) is 8.72. The molecular formula is C21H20N4OS. The van der Waals surface area contributed by atoms with Crippen LogP contribution in [0.15, 0.2) is 53.9 Å². The van der Waals surface area contributed by atoms with Gasteiger partial charge in [0, 0.05) is 20.6 Å². The Morgan fingerprint density at radius 2 is 1.96 bits per heavy atom. The molecule has 0 saturated carbocycles. The summed E-state index contributed by atoms with van der Waals surface area (Å²) < 4.78 is 1.75. The van der Waals surface area contributed by atoms with Crippen LogP contribution in [0.1, 0.15) is 21.6 Å². The zero-order chi connectivity index (χ0) is 19.0. The molecule has 3 heterocycles. The monoisotopic (exact) mass is 376 g/mol. The second-order valence-electron chi connectivity index (χ2n) is 6.59. The number of amides is 1. The van der Waals surface area contributed by atoms with Gasteiger partial charge in [0.2, 0.25) is 0 Å². The molecule has 0 saturated heterocycles. The van der Waals surface area contributed by atoms with Crippen molar-refractivity contribution in [3.63, 3.8) is 0 Å². The number of carbonyl (C=O) groups excluding carboxylic acids is 1. The molecular weight excluding hydrogens is 356 g/mol. The van der Waals surface area contributed by atoms with E-state index in [-0.39, 0.29) is 5.91 Å². The molecule has 0 aliphatic heterocycles. The highest BCUT2D eigenvalue weighted by molar-refractivity contribution is 7.13. The Labute approximate surface area is 161 Å². The summed E-state index contributed by atoms with van der Waals surface area (Å²) in [6.07, 6.45) is 0. The summed E-state index contributed by atoms with van der Waals surface area (Å²) in [7, 11) is 3.70. The van der Waals surface area contributed by atoms with Crippen LogP contribution in [0, 0.1) is 6.92 Å². The Morgan fingerprint density at radius 3 is 2.67 bits per heavy atom. The van der Waals surface area contributed by atoms with E-state index in [2.05, 4.69) is 5.10 Å². The van der Waals surface area contributed by atoms with Gasteiger partial charge in [-0.25, -0.2) is 4.98 Å². The number of rotatable bonds is 4. The minimum Gasteiger partial charge on any atom is -0.337 e. The van der Waals surface area contributed by atoms with Crippen LogP contribution >= 0.6 is 11.3 Å². The van der Waals surface area contributed by atoms with Gasteiger partial charge in [0.1, 0.15) is 0 Å². The van der Waals surface area contributed by atoms with Crippen molar-refractivity contribution >= 4 is 28.3 Å². The van der Waals surface area contributed by atoms with Crippen LogP contribution in [0.2, 0.25) is 0 Å².